The first kappa shape index (κ1) is 14.3. The van der Waals surface area contributed by atoms with Crippen molar-refractivity contribution in [1.82, 2.24) is 10.3 Å². The van der Waals surface area contributed by atoms with Crippen LogP contribution in [-0.4, -0.2) is 30.1 Å². The molecule has 2 unspecified atom stereocenters. The van der Waals surface area contributed by atoms with Crippen LogP contribution < -0.4 is 14.8 Å². The molecular formula is C17H15ClN2O3. The Morgan fingerprint density at radius 1 is 1.22 bits per heavy atom. The highest BCUT2D eigenvalue weighted by Gasteiger charge is 2.40. The largest absolute Gasteiger partial charge is 0.486 e. The first-order chi connectivity index (χ1) is 11.2. The third-order valence-electron chi connectivity index (χ3n) is 4.12. The number of halogens is 1. The van der Waals surface area contributed by atoms with Crippen molar-refractivity contribution in [2.75, 3.05) is 13.2 Å². The Balaban J connectivity index is 1.44. The average molecular weight is 331 g/mol. The van der Waals surface area contributed by atoms with Gasteiger partial charge in [-0.25, -0.2) is 0 Å². The number of hydrogen-bond acceptors (Lipinski definition) is 4. The lowest BCUT2D eigenvalue weighted by molar-refractivity contribution is 0.0950. The summed E-state index contributed by atoms with van der Waals surface area (Å²) in [6.45, 7) is 1.16. The molecule has 23 heavy (non-hydrogen) atoms. The molecule has 0 spiro atoms. The van der Waals surface area contributed by atoms with Crippen LogP contribution in [0.15, 0.2) is 36.7 Å². The van der Waals surface area contributed by atoms with Crippen LogP contribution in [0.4, 0.5) is 0 Å². The van der Waals surface area contributed by atoms with E-state index in [0.29, 0.717) is 29.7 Å². The van der Waals surface area contributed by atoms with Crippen LogP contribution in [-0.2, 0) is 0 Å². The number of benzene rings is 1. The van der Waals surface area contributed by atoms with Crippen molar-refractivity contribution in [2.45, 2.75) is 18.4 Å². The molecule has 1 saturated carbocycles. The van der Waals surface area contributed by atoms with E-state index in [-0.39, 0.29) is 11.9 Å². The molecule has 0 saturated heterocycles. The third-order valence-corrected chi connectivity index (χ3v) is 4.42. The lowest BCUT2D eigenvalue weighted by Crippen LogP contribution is -2.26. The number of fused-ring (bicyclic) bond motifs is 1. The van der Waals surface area contributed by atoms with Gasteiger partial charge >= 0.3 is 0 Å². The summed E-state index contributed by atoms with van der Waals surface area (Å²) in [5, 5.41) is 3.38. The summed E-state index contributed by atoms with van der Waals surface area (Å²) in [4.78, 5) is 16.1. The Morgan fingerprint density at radius 2 is 2.04 bits per heavy atom. The van der Waals surface area contributed by atoms with Gasteiger partial charge in [-0.3, -0.25) is 9.78 Å². The molecule has 4 rings (SSSR count). The summed E-state index contributed by atoms with van der Waals surface area (Å²) in [5.74, 6) is 1.70. The Labute approximate surface area is 138 Å². The zero-order valence-corrected chi connectivity index (χ0v) is 13.0. The number of amides is 1. The van der Waals surface area contributed by atoms with Crippen LogP contribution >= 0.6 is 11.6 Å². The van der Waals surface area contributed by atoms with E-state index in [1.807, 2.05) is 18.2 Å². The van der Waals surface area contributed by atoms with Gasteiger partial charge in [0, 0.05) is 24.4 Å². The van der Waals surface area contributed by atoms with Gasteiger partial charge < -0.3 is 14.8 Å². The van der Waals surface area contributed by atoms with Gasteiger partial charge in [-0.15, -0.1) is 0 Å². The number of carbonyl (C=O) groups is 1. The van der Waals surface area contributed by atoms with Crippen LogP contribution in [0.25, 0.3) is 0 Å². The summed E-state index contributed by atoms with van der Waals surface area (Å²) < 4.78 is 11.1. The number of nitrogens with zero attached hydrogens (tertiary/aromatic N) is 1. The fourth-order valence-corrected chi connectivity index (χ4v) is 3.02. The van der Waals surface area contributed by atoms with Crippen molar-refractivity contribution >= 4 is 17.5 Å². The van der Waals surface area contributed by atoms with E-state index in [2.05, 4.69) is 10.3 Å². The molecule has 1 N–H and O–H groups in total. The van der Waals surface area contributed by atoms with Crippen molar-refractivity contribution < 1.29 is 14.3 Å². The number of ether oxygens (including phenoxy) is 2. The molecule has 1 aliphatic heterocycles. The minimum Gasteiger partial charge on any atom is -0.486 e. The van der Waals surface area contributed by atoms with Gasteiger partial charge in [-0.1, -0.05) is 17.7 Å². The first-order valence-corrected chi connectivity index (χ1v) is 7.90. The van der Waals surface area contributed by atoms with Crippen molar-refractivity contribution in [3.63, 3.8) is 0 Å². The second-order valence-corrected chi connectivity index (χ2v) is 6.09. The third kappa shape index (κ3) is 2.84. The normalized spacial score (nSPS) is 21.6. The maximum absolute atomic E-state index is 12.3. The Bertz CT molecular complexity index is 765. The molecule has 2 aromatic rings. The fourth-order valence-electron chi connectivity index (χ4n) is 2.82. The van der Waals surface area contributed by atoms with Gasteiger partial charge in [-0.2, -0.15) is 0 Å². The molecule has 5 nitrogen and oxygen atoms in total. The van der Waals surface area contributed by atoms with Gasteiger partial charge in [0.15, 0.2) is 11.5 Å². The van der Waals surface area contributed by atoms with Crippen molar-refractivity contribution in [3.05, 3.63) is 52.8 Å². The number of rotatable bonds is 3. The molecular weight excluding hydrogens is 316 g/mol. The summed E-state index contributed by atoms with van der Waals surface area (Å²) >= 11 is 6.00. The van der Waals surface area contributed by atoms with Crippen molar-refractivity contribution in [2.24, 2.45) is 0 Å². The van der Waals surface area contributed by atoms with E-state index in [1.54, 1.807) is 12.3 Å². The lowest BCUT2D eigenvalue weighted by atomic mass is 10.1. The number of hydrogen-bond donors (Lipinski definition) is 1. The highest BCUT2D eigenvalue weighted by molar-refractivity contribution is 6.33. The Kier molecular flexibility index (Phi) is 3.58. The lowest BCUT2D eigenvalue weighted by Gasteiger charge is -2.18. The Morgan fingerprint density at radius 3 is 2.87 bits per heavy atom. The van der Waals surface area contributed by atoms with Gasteiger partial charge in [0.1, 0.15) is 13.2 Å². The maximum atomic E-state index is 12.3. The predicted octanol–water partition coefficient (Wildman–Crippen LogP) is 2.79. The molecule has 6 heteroatoms. The standard InChI is InChI=1S/C17H15ClN2O3/c18-13-9-19-4-3-11(13)17(21)20-14-8-12(14)10-1-2-15-16(7-10)23-6-5-22-15/h1-4,7,9,12,14H,5-6,8H2,(H,20,21). The molecule has 118 valence electrons. The average Bonchev–Trinajstić information content (AvgIpc) is 3.34. The Hall–Kier alpha value is -2.27. The van der Waals surface area contributed by atoms with Crippen LogP contribution in [0.2, 0.25) is 5.02 Å². The molecule has 1 aliphatic carbocycles. The van der Waals surface area contributed by atoms with E-state index in [4.69, 9.17) is 21.1 Å². The number of pyridine rings is 1. The number of aromatic nitrogens is 1. The summed E-state index contributed by atoms with van der Waals surface area (Å²) in [7, 11) is 0. The van der Waals surface area contributed by atoms with E-state index in [1.165, 1.54) is 6.20 Å². The zero-order chi connectivity index (χ0) is 15.8. The highest BCUT2D eigenvalue weighted by Crippen LogP contribution is 2.44. The van der Waals surface area contributed by atoms with Crippen molar-refractivity contribution in [1.29, 1.82) is 0 Å². The zero-order valence-electron chi connectivity index (χ0n) is 12.3. The molecule has 1 aromatic carbocycles. The van der Waals surface area contributed by atoms with E-state index >= 15 is 0 Å². The molecule has 1 aromatic heterocycles. The first-order valence-electron chi connectivity index (χ1n) is 7.52. The molecule has 1 amide bonds. The highest BCUT2D eigenvalue weighted by atomic mass is 35.5. The smallest absolute Gasteiger partial charge is 0.253 e. The van der Waals surface area contributed by atoms with Crippen LogP contribution in [0, 0.1) is 0 Å². The minimum absolute atomic E-state index is 0.120. The second-order valence-electron chi connectivity index (χ2n) is 5.68. The molecule has 2 heterocycles. The minimum atomic E-state index is -0.164. The maximum Gasteiger partial charge on any atom is 0.253 e. The van der Waals surface area contributed by atoms with E-state index in [9.17, 15) is 4.79 Å². The summed E-state index contributed by atoms with van der Waals surface area (Å²) in [5.41, 5.74) is 1.61. The molecule has 0 bridgehead atoms. The van der Waals surface area contributed by atoms with Gasteiger partial charge in [0.2, 0.25) is 0 Å². The predicted molar refractivity (Wildman–Crippen MR) is 85.3 cm³/mol. The molecule has 2 aliphatic rings. The quantitative estimate of drug-likeness (QED) is 0.940. The monoisotopic (exact) mass is 330 g/mol. The van der Waals surface area contributed by atoms with E-state index < -0.39 is 0 Å². The molecule has 2 atom stereocenters. The van der Waals surface area contributed by atoms with Crippen LogP contribution in [0.5, 0.6) is 11.5 Å². The van der Waals surface area contributed by atoms with Crippen LogP contribution in [0.1, 0.15) is 28.3 Å². The molecule has 1 fully saturated rings. The molecule has 0 radical (unpaired) electrons. The van der Waals surface area contributed by atoms with Crippen LogP contribution in [0.3, 0.4) is 0 Å². The van der Waals surface area contributed by atoms with Gasteiger partial charge in [0.25, 0.3) is 5.91 Å². The SMILES string of the molecule is O=C(NC1CC1c1ccc2c(c1)OCCO2)c1ccncc1Cl. The van der Waals surface area contributed by atoms with Gasteiger partial charge in [-0.05, 0) is 30.2 Å². The summed E-state index contributed by atoms with van der Waals surface area (Å²) in [6.07, 6.45) is 3.95. The van der Waals surface area contributed by atoms with Gasteiger partial charge in [0.05, 0.1) is 10.6 Å². The second kappa shape index (κ2) is 5.74. The topological polar surface area (TPSA) is 60.5 Å². The van der Waals surface area contributed by atoms with E-state index in [0.717, 1.165) is 23.5 Å². The number of nitrogens with one attached hydrogen (secondary N) is 1. The summed E-state index contributed by atoms with van der Waals surface area (Å²) in [6, 6.07) is 7.71. The fraction of sp³-hybridized carbons (Fsp3) is 0.294. The number of carbonyl (C=O) groups excluding carboxylic acids is 1. The van der Waals surface area contributed by atoms with Crippen molar-refractivity contribution in [3.8, 4) is 11.5 Å².